The van der Waals surface area contributed by atoms with E-state index in [9.17, 15) is 9.59 Å². The SMILES string of the molecule is CC/C=C\C/C=C\C/C=C\C/C=C\C/C=C\CCCCCCOCC(COC(=O)CCC/C=C\C/C=C\C/C=C\C/C=C\C/C=C\CC)OC(=O)CC/C=C\C/C=C\C/C=C\C/C=C\CC. The first-order valence-corrected chi connectivity index (χ1v) is 25.7. The van der Waals surface area contributed by atoms with E-state index in [1.807, 2.05) is 6.08 Å². The summed E-state index contributed by atoms with van der Waals surface area (Å²) < 4.78 is 17.2. The molecule has 366 valence electrons. The first-order valence-electron chi connectivity index (χ1n) is 25.7. The fourth-order valence-corrected chi connectivity index (χ4v) is 6.05. The van der Waals surface area contributed by atoms with Crippen molar-refractivity contribution in [2.75, 3.05) is 19.8 Å². The van der Waals surface area contributed by atoms with Crippen molar-refractivity contribution >= 4 is 11.9 Å². The lowest BCUT2D eigenvalue weighted by molar-refractivity contribution is -0.162. The van der Waals surface area contributed by atoms with Gasteiger partial charge in [0.25, 0.3) is 0 Å². The lowest BCUT2D eigenvalue weighted by Crippen LogP contribution is -2.30. The third kappa shape index (κ3) is 51.9. The van der Waals surface area contributed by atoms with E-state index < -0.39 is 6.10 Å². The molecule has 5 heteroatoms. The van der Waals surface area contributed by atoms with Crippen molar-refractivity contribution in [2.45, 2.75) is 181 Å². The van der Waals surface area contributed by atoms with Gasteiger partial charge in [-0.25, -0.2) is 0 Å². The number of carbonyl (C=O) groups is 2. The lowest BCUT2D eigenvalue weighted by atomic mass is 10.1. The van der Waals surface area contributed by atoms with Crippen LogP contribution in [0.3, 0.4) is 0 Å². The summed E-state index contributed by atoms with van der Waals surface area (Å²) in [5, 5.41) is 0. The number of rotatable bonds is 44. The quantitative estimate of drug-likeness (QED) is 0.0346. The van der Waals surface area contributed by atoms with Gasteiger partial charge in [0.2, 0.25) is 0 Å². The van der Waals surface area contributed by atoms with Gasteiger partial charge < -0.3 is 14.2 Å². The van der Waals surface area contributed by atoms with E-state index in [4.69, 9.17) is 14.2 Å². The van der Waals surface area contributed by atoms with Crippen LogP contribution in [0.25, 0.3) is 0 Å². The van der Waals surface area contributed by atoms with Gasteiger partial charge in [0.1, 0.15) is 6.61 Å². The monoisotopic (exact) mass is 905 g/mol. The molecule has 0 amide bonds. The molecule has 0 radical (unpaired) electrons. The molecule has 0 heterocycles. The topological polar surface area (TPSA) is 61.8 Å². The lowest BCUT2D eigenvalue weighted by Gasteiger charge is -2.18. The summed E-state index contributed by atoms with van der Waals surface area (Å²) in [6, 6.07) is 0. The van der Waals surface area contributed by atoms with Crippen LogP contribution in [-0.2, 0) is 23.8 Å². The summed E-state index contributed by atoms with van der Waals surface area (Å²) in [6.07, 6.45) is 82.4. The fourth-order valence-electron chi connectivity index (χ4n) is 6.05. The molecule has 0 aromatic heterocycles. The van der Waals surface area contributed by atoms with Crippen LogP contribution < -0.4 is 0 Å². The molecule has 0 saturated heterocycles. The number of esters is 2. The maximum absolute atomic E-state index is 12.8. The van der Waals surface area contributed by atoms with Crippen molar-refractivity contribution in [3.05, 3.63) is 170 Å². The van der Waals surface area contributed by atoms with Crippen LogP contribution in [0.5, 0.6) is 0 Å². The molecule has 0 aliphatic carbocycles. The Morgan fingerprint density at radius 3 is 1.06 bits per heavy atom. The van der Waals surface area contributed by atoms with E-state index in [1.54, 1.807) is 0 Å². The van der Waals surface area contributed by atoms with Crippen LogP contribution in [0.15, 0.2) is 170 Å². The molecular weight excluding hydrogens is 813 g/mol. The molecular formula is C61H92O5. The molecule has 0 fully saturated rings. The summed E-state index contributed by atoms with van der Waals surface area (Å²) in [5.74, 6) is -0.591. The van der Waals surface area contributed by atoms with Crippen LogP contribution in [0.1, 0.15) is 175 Å². The molecule has 0 aromatic carbocycles. The van der Waals surface area contributed by atoms with Gasteiger partial charge in [-0.3, -0.25) is 9.59 Å². The van der Waals surface area contributed by atoms with E-state index in [2.05, 4.69) is 185 Å². The van der Waals surface area contributed by atoms with Crippen LogP contribution in [0.2, 0.25) is 0 Å². The molecule has 0 spiro atoms. The largest absolute Gasteiger partial charge is 0.462 e. The van der Waals surface area contributed by atoms with E-state index >= 15 is 0 Å². The minimum atomic E-state index is -0.625. The van der Waals surface area contributed by atoms with E-state index in [0.29, 0.717) is 25.9 Å². The van der Waals surface area contributed by atoms with Crippen molar-refractivity contribution in [2.24, 2.45) is 0 Å². The Kier molecular flexibility index (Phi) is 50.7. The van der Waals surface area contributed by atoms with Gasteiger partial charge in [0, 0.05) is 19.4 Å². The van der Waals surface area contributed by atoms with Crippen LogP contribution in [-0.4, -0.2) is 37.9 Å². The van der Waals surface area contributed by atoms with Crippen molar-refractivity contribution in [1.82, 2.24) is 0 Å². The highest BCUT2D eigenvalue weighted by Crippen LogP contribution is 2.08. The Hall–Kier alpha value is -4.74. The molecule has 1 atom stereocenters. The second-order valence-electron chi connectivity index (χ2n) is 15.9. The summed E-state index contributed by atoms with van der Waals surface area (Å²) in [7, 11) is 0. The second kappa shape index (κ2) is 54.6. The molecule has 0 rings (SSSR count). The van der Waals surface area contributed by atoms with Crippen molar-refractivity contribution in [1.29, 1.82) is 0 Å². The van der Waals surface area contributed by atoms with E-state index in [0.717, 1.165) is 128 Å². The zero-order chi connectivity index (χ0) is 47.7. The van der Waals surface area contributed by atoms with Crippen LogP contribution in [0.4, 0.5) is 0 Å². The number of allylic oxidation sites excluding steroid dienone is 28. The number of hydrogen-bond acceptors (Lipinski definition) is 5. The van der Waals surface area contributed by atoms with Crippen LogP contribution >= 0.6 is 0 Å². The normalized spacial score (nSPS) is 13.7. The Labute approximate surface area is 405 Å². The second-order valence-corrected chi connectivity index (χ2v) is 15.9. The van der Waals surface area contributed by atoms with Gasteiger partial charge in [0.05, 0.1) is 6.61 Å². The van der Waals surface area contributed by atoms with Gasteiger partial charge >= 0.3 is 11.9 Å². The van der Waals surface area contributed by atoms with Gasteiger partial charge in [-0.05, 0) is 128 Å². The predicted octanol–water partition coefficient (Wildman–Crippen LogP) is 17.7. The molecule has 0 aliphatic heterocycles. The standard InChI is InChI=1S/C61H92O5/c1-4-7-10-13-16-19-22-25-27-29-30-31-33-35-38-41-44-47-50-53-56-64-57-59(66-61(63)55-52-49-46-43-40-36-24-21-18-15-12-9-6-3)58-65-60(62)54-51-48-45-42-39-37-34-32-28-26-23-20-17-14-11-8-5-2/h7-12,16-21,25-28,30-31,34-38,40,42,45-46,49,59H,4-6,13-15,22-24,29,32-33,39,41,43-44,47-48,50-58H2,1-3H3/b10-7-,11-8-,12-9-,19-16-,20-17-,21-18-,27-25-,28-26-,31-30-,37-34-,38-35-,40-36-,45-42-,49-46-. The van der Waals surface area contributed by atoms with Gasteiger partial charge in [-0.15, -0.1) is 0 Å². The molecule has 0 N–H and O–H groups in total. The Morgan fingerprint density at radius 2 is 0.667 bits per heavy atom. The molecule has 0 saturated carbocycles. The zero-order valence-electron chi connectivity index (χ0n) is 41.9. The fraction of sp³-hybridized carbons (Fsp3) is 0.508. The highest BCUT2D eigenvalue weighted by molar-refractivity contribution is 5.70. The van der Waals surface area contributed by atoms with Crippen molar-refractivity contribution in [3.8, 4) is 0 Å². The maximum Gasteiger partial charge on any atom is 0.306 e. The first-order chi connectivity index (χ1) is 32.6. The minimum Gasteiger partial charge on any atom is -0.462 e. The summed E-state index contributed by atoms with van der Waals surface area (Å²) in [6.45, 7) is 7.25. The summed E-state index contributed by atoms with van der Waals surface area (Å²) >= 11 is 0. The number of unbranched alkanes of at least 4 members (excludes halogenated alkanes) is 5. The molecule has 66 heavy (non-hydrogen) atoms. The highest BCUT2D eigenvalue weighted by atomic mass is 16.6. The zero-order valence-corrected chi connectivity index (χ0v) is 41.9. The highest BCUT2D eigenvalue weighted by Gasteiger charge is 2.17. The van der Waals surface area contributed by atoms with Crippen LogP contribution in [0, 0.1) is 0 Å². The van der Waals surface area contributed by atoms with Gasteiger partial charge in [-0.2, -0.15) is 0 Å². The minimum absolute atomic E-state index is 0.00344. The van der Waals surface area contributed by atoms with E-state index in [1.165, 1.54) is 0 Å². The van der Waals surface area contributed by atoms with Gasteiger partial charge in [-0.1, -0.05) is 204 Å². The summed E-state index contributed by atoms with van der Waals surface area (Å²) in [4.78, 5) is 25.3. The maximum atomic E-state index is 12.8. The predicted molar refractivity (Wildman–Crippen MR) is 287 cm³/mol. The molecule has 0 bridgehead atoms. The average molecular weight is 905 g/mol. The Morgan fingerprint density at radius 1 is 0.333 bits per heavy atom. The number of carbonyl (C=O) groups excluding carboxylic acids is 2. The Bertz CT molecular complexity index is 1540. The van der Waals surface area contributed by atoms with Gasteiger partial charge in [0.15, 0.2) is 6.10 Å². The number of hydrogen-bond donors (Lipinski definition) is 0. The Balaban J connectivity index is 4.53. The smallest absolute Gasteiger partial charge is 0.306 e. The molecule has 0 aromatic rings. The van der Waals surface area contributed by atoms with E-state index in [-0.39, 0.29) is 31.6 Å². The van der Waals surface area contributed by atoms with Crippen molar-refractivity contribution < 1.29 is 23.8 Å². The third-order valence-corrected chi connectivity index (χ3v) is 9.74. The summed E-state index contributed by atoms with van der Waals surface area (Å²) in [5.41, 5.74) is 0. The molecule has 1 unspecified atom stereocenters. The average Bonchev–Trinajstić information content (AvgIpc) is 3.32. The number of ether oxygens (including phenoxy) is 3. The first kappa shape index (κ1) is 61.3. The third-order valence-electron chi connectivity index (χ3n) is 9.74. The molecule has 5 nitrogen and oxygen atoms in total. The molecule has 0 aliphatic rings. The van der Waals surface area contributed by atoms with Crippen molar-refractivity contribution in [3.63, 3.8) is 0 Å².